The van der Waals surface area contributed by atoms with Gasteiger partial charge in [0.1, 0.15) is 0 Å². The van der Waals surface area contributed by atoms with Gasteiger partial charge in [-0.05, 0) is 18.4 Å². The highest BCUT2D eigenvalue weighted by Crippen LogP contribution is 2.33. The highest BCUT2D eigenvalue weighted by atomic mass is 32.1. The summed E-state index contributed by atoms with van der Waals surface area (Å²) >= 11 is 1.47. The minimum Gasteiger partial charge on any atom is -0.302 e. The number of hydrogen-bond acceptors (Lipinski definition) is 5. The summed E-state index contributed by atoms with van der Waals surface area (Å²) in [5.74, 6) is -0.0444. The number of carbonyl (C=O) groups is 1. The molecule has 1 fully saturated rings. The van der Waals surface area contributed by atoms with Gasteiger partial charge in [0.25, 0.3) is 0 Å². The number of hydrogen-bond donors (Lipinski definition) is 2. The molecule has 0 bridgehead atoms. The third-order valence-corrected chi connectivity index (χ3v) is 4.42. The van der Waals surface area contributed by atoms with Crippen molar-refractivity contribution < 1.29 is 4.79 Å². The molecule has 0 spiro atoms. The van der Waals surface area contributed by atoms with E-state index in [0.29, 0.717) is 18.0 Å². The topological polar surface area (TPSA) is 78.2 Å². The highest BCUT2D eigenvalue weighted by molar-refractivity contribution is 7.19. The summed E-state index contributed by atoms with van der Waals surface area (Å²) in [5, 5.41) is 6.90. The molecule has 20 heavy (non-hydrogen) atoms. The molecule has 1 saturated carbocycles. The van der Waals surface area contributed by atoms with Gasteiger partial charge in [0.05, 0.1) is 10.9 Å². The van der Waals surface area contributed by atoms with Gasteiger partial charge in [-0.2, -0.15) is 5.11 Å². The van der Waals surface area contributed by atoms with Gasteiger partial charge in [0, 0.05) is 12.1 Å². The molecule has 1 aromatic heterocycles. The molecule has 2 aromatic rings. The zero-order valence-electron chi connectivity index (χ0n) is 10.7. The van der Waals surface area contributed by atoms with E-state index in [9.17, 15) is 4.79 Å². The van der Waals surface area contributed by atoms with Gasteiger partial charge in [0.2, 0.25) is 5.91 Å². The van der Waals surface area contributed by atoms with Gasteiger partial charge < -0.3 is 5.32 Å². The van der Waals surface area contributed by atoms with E-state index < -0.39 is 0 Å². The first-order valence-electron chi connectivity index (χ1n) is 6.45. The molecule has 1 aromatic carbocycles. The van der Waals surface area contributed by atoms with Crippen molar-refractivity contribution in [2.45, 2.75) is 18.9 Å². The third-order valence-electron chi connectivity index (χ3n) is 3.46. The summed E-state index contributed by atoms with van der Waals surface area (Å²) in [7, 11) is 0. The van der Waals surface area contributed by atoms with Gasteiger partial charge >= 0.3 is 0 Å². The quantitative estimate of drug-likeness (QED) is 0.843. The van der Waals surface area contributed by atoms with Crippen LogP contribution in [0.25, 0.3) is 10.4 Å². The van der Waals surface area contributed by atoms with E-state index in [1.165, 1.54) is 11.3 Å². The van der Waals surface area contributed by atoms with Crippen LogP contribution in [0.15, 0.2) is 41.6 Å². The smallest absolute Gasteiger partial charge is 0.229 e. The summed E-state index contributed by atoms with van der Waals surface area (Å²) in [6, 6.07) is 9.99. The Labute approximate surface area is 120 Å². The molecule has 1 aliphatic carbocycles. The number of anilines is 1. The van der Waals surface area contributed by atoms with Crippen LogP contribution in [-0.4, -0.2) is 16.9 Å². The van der Waals surface area contributed by atoms with Crippen molar-refractivity contribution in [3.05, 3.63) is 36.5 Å². The van der Waals surface area contributed by atoms with E-state index in [1.807, 2.05) is 30.3 Å². The molecule has 102 valence electrons. The molecule has 6 heteroatoms. The maximum Gasteiger partial charge on any atom is 0.229 e. The SMILES string of the molecule is N=NC1CC(C(=O)Nc2ncc(-c3ccccc3)s2)C1. The molecule has 0 atom stereocenters. The number of carbonyl (C=O) groups excluding carboxylic acids is 1. The first-order valence-corrected chi connectivity index (χ1v) is 7.26. The Bertz CT molecular complexity index is 619. The molecule has 0 radical (unpaired) electrons. The van der Waals surface area contributed by atoms with Crippen LogP contribution in [0.1, 0.15) is 12.8 Å². The van der Waals surface area contributed by atoms with Crippen LogP contribution in [0.3, 0.4) is 0 Å². The average Bonchev–Trinajstić information content (AvgIpc) is 2.87. The van der Waals surface area contributed by atoms with Crippen molar-refractivity contribution in [1.82, 2.24) is 4.98 Å². The van der Waals surface area contributed by atoms with Crippen molar-refractivity contribution >= 4 is 22.4 Å². The largest absolute Gasteiger partial charge is 0.302 e. The number of nitrogens with zero attached hydrogens (tertiary/aromatic N) is 2. The number of benzene rings is 1. The lowest BCUT2D eigenvalue weighted by Crippen LogP contribution is -2.36. The highest BCUT2D eigenvalue weighted by Gasteiger charge is 2.34. The molecular formula is C14H14N4OS. The Kier molecular flexibility index (Phi) is 3.56. The summed E-state index contributed by atoms with van der Waals surface area (Å²) in [4.78, 5) is 17.2. The summed E-state index contributed by atoms with van der Waals surface area (Å²) in [6.07, 6.45) is 3.12. The van der Waals surface area contributed by atoms with E-state index in [-0.39, 0.29) is 17.9 Å². The van der Waals surface area contributed by atoms with Gasteiger partial charge in [-0.3, -0.25) is 4.79 Å². The maximum atomic E-state index is 12.0. The molecule has 1 amide bonds. The lowest BCUT2D eigenvalue weighted by Gasteiger charge is -2.29. The Morgan fingerprint density at radius 2 is 2.10 bits per heavy atom. The lowest BCUT2D eigenvalue weighted by atomic mass is 9.80. The Balaban J connectivity index is 1.63. The maximum absolute atomic E-state index is 12.0. The molecule has 1 aliphatic rings. The first kappa shape index (κ1) is 12.9. The summed E-state index contributed by atoms with van der Waals surface area (Å²) in [5.41, 5.74) is 7.99. The molecule has 0 saturated heterocycles. The van der Waals surface area contributed by atoms with Crippen molar-refractivity contribution in [2.75, 3.05) is 5.32 Å². The fourth-order valence-corrected chi connectivity index (χ4v) is 3.01. The number of nitrogens with one attached hydrogen (secondary N) is 2. The van der Waals surface area contributed by atoms with E-state index in [4.69, 9.17) is 5.53 Å². The van der Waals surface area contributed by atoms with Gasteiger partial charge in [-0.25, -0.2) is 10.5 Å². The Morgan fingerprint density at radius 3 is 2.80 bits per heavy atom. The average molecular weight is 286 g/mol. The fourth-order valence-electron chi connectivity index (χ4n) is 2.18. The van der Waals surface area contributed by atoms with Crippen LogP contribution in [0.4, 0.5) is 5.13 Å². The second-order valence-electron chi connectivity index (χ2n) is 4.84. The van der Waals surface area contributed by atoms with Crippen LogP contribution < -0.4 is 5.32 Å². The molecule has 2 N–H and O–H groups in total. The van der Waals surface area contributed by atoms with Crippen LogP contribution in [0, 0.1) is 11.4 Å². The zero-order chi connectivity index (χ0) is 13.9. The van der Waals surface area contributed by atoms with E-state index in [1.54, 1.807) is 6.20 Å². The van der Waals surface area contributed by atoms with Crippen LogP contribution in [-0.2, 0) is 4.79 Å². The molecule has 5 nitrogen and oxygen atoms in total. The van der Waals surface area contributed by atoms with E-state index >= 15 is 0 Å². The van der Waals surface area contributed by atoms with Crippen molar-refractivity contribution in [3.8, 4) is 10.4 Å². The minimum atomic E-state index is -0.0295. The molecule has 0 unspecified atom stereocenters. The molecule has 0 aliphatic heterocycles. The number of thiazole rings is 1. The monoisotopic (exact) mass is 286 g/mol. The van der Waals surface area contributed by atoms with Crippen molar-refractivity contribution in [2.24, 2.45) is 11.0 Å². The number of amides is 1. The van der Waals surface area contributed by atoms with Gasteiger partial charge in [-0.1, -0.05) is 41.7 Å². The fraction of sp³-hybridized carbons (Fsp3) is 0.286. The predicted molar refractivity (Wildman–Crippen MR) is 77.8 cm³/mol. The Hall–Kier alpha value is -2.08. The summed E-state index contributed by atoms with van der Waals surface area (Å²) < 4.78 is 0. The van der Waals surface area contributed by atoms with E-state index in [0.717, 1.165) is 10.4 Å². The van der Waals surface area contributed by atoms with Crippen molar-refractivity contribution in [1.29, 1.82) is 5.53 Å². The number of rotatable bonds is 4. The second kappa shape index (κ2) is 5.50. The van der Waals surface area contributed by atoms with Crippen molar-refractivity contribution in [3.63, 3.8) is 0 Å². The lowest BCUT2D eigenvalue weighted by molar-refractivity contribution is -0.122. The first-order chi connectivity index (χ1) is 9.76. The predicted octanol–water partition coefficient (Wildman–Crippen LogP) is 3.56. The standard InChI is InChI=1S/C14H14N4OS/c15-18-11-6-10(7-11)13(19)17-14-16-8-12(20-14)9-4-2-1-3-5-9/h1-5,8,10-11,15H,6-7H2,(H,16,17,19). The van der Waals surface area contributed by atoms with Crippen LogP contribution in [0.2, 0.25) is 0 Å². The summed E-state index contributed by atoms with van der Waals surface area (Å²) in [6.45, 7) is 0. The zero-order valence-corrected chi connectivity index (χ0v) is 11.6. The Morgan fingerprint density at radius 1 is 1.35 bits per heavy atom. The normalized spacial score (nSPS) is 21.0. The van der Waals surface area contributed by atoms with E-state index in [2.05, 4.69) is 15.4 Å². The van der Waals surface area contributed by atoms with Gasteiger partial charge in [-0.15, -0.1) is 0 Å². The second-order valence-corrected chi connectivity index (χ2v) is 5.87. The van der Waals surface area contributed by atoms with Crippen LogP contribution in [0.5, 0.6) is 0 Å². The van der Waals surface area contributed by atoms with Crippen LogP contribution >= 0.6 is 11.3 Å². The number of aromatic nitrogens is 1. The third kappa shape index (κ3) is 2.60. The minimum absolute atomic E-state index is 0.0149. The molecular weight excluding hydrogens is 272 g/mol. The molecule has 1 heterocycles. The molecule has 3 rings (SSSR count). The van der Waals surface area contributed by atoms with Gasteiger partial charge in [0.15, 0.2) is 5.13 Å².